The second-order valence-electron chi connectivity index (χ2n) is 8.79. The summed E-state index contributed by atoms with van der Waals surface area (Å²) >= 11 is 0. The largest absolute Gasteiger partial charge is 0.497 e. The maximum absolute atomic E-state index is 13.4. The minimum absolute atomic E-state index is 0.00101. The molecule has 0 bridgehead atoms. The van der Waals surface area contributed by atoms with Gasteiger partial charge in [-0.05, 0) is 31.0 Å². The van der Waals surface area contributed by atoms with Crippen LogP contribution in [0.25, 0.3) is 0 Å². The number of carbonyl (C=O) groups is 2. The molecule has 2 amide bonds. The van der Waals surface area contributed by atoms with Gasteiger partial charge in [0.2, 0.25) is 0 Å². The van der Waals surface area contributed by atoms with Crippen LogP contribution in [-0.4, -0.2) is 44.2 Å². The molecule has 3 aromatic rings. The van der Waals surface area contributed by atoms with E-state index in [0.717, 1.165) is 16.8 Å². The number of benzene rings is 3. The van der Waals surface area contributed by atoms with Gasteiger partial charge in [0.1, 0.15) is 11.5 Å². The van der Waals surface area contributed by atoms with E-state index in [1.807, 2.05) is 59.5 Å². The third kappa shape index (κ3) is 3.97. The van der Waals surface area contributed by atoms with Gasteiger partial charge in [-0.15, -0.1) is 0 Å². The zero-order valence-corrected chi connectivity index (χ0v) is 19.8. The number of hydrogen-bond acceptors (Lipinski definition) is 5. The summed E-state index contributed by atoms with van der Waals surface area (Å²) in [4.78, 5) is 27.9. The van der Waals surface area contributed by atoms with Crippen LogP contribution in [0.15, 0.2) is 72.8 Å². The molecule has 1 saturated heterocycles. The molecule has 35 heavy (non-hydrogen) atoms. The molecule has 3 aromatic carbocycles. The summed E-state index contributed by atoms with van der Waals surface area (Å²) in [5.74, 6) is 1.03. The van der Waals surface area contributed by atoms with Crippen LogP contribution < -0.4 is 14.8 Å². The fourth-order valence-corrected chi connectivity index (χ4v) is 5.33. The molecule has 0 spiro atoms. The van der Waals surface area contributed by atoms with E-state index < -0.39 is 11.7 Å². The van der Waals surface area contributed by atoms with E-state index in [1.165, 1.54) is 0 Å². The van der Waals surface area contributed by atoms with E-state index >= 15 is 0 Å². The molecule has 5 rings (SSSR count). The third-order valence-corrected chi connectivity index (χ3v) is 7.02. The Balaban J connectivity index is 1.45. The van der Waals surface area contributed by atoms with Gasteiger partial charge in [0.05, 0.1) is 25.5 Å². The average molecular weight is 473 g/mol. The lowest BCUT2D eigenvalue weighted by Crippen LogP contribution is -2.50. The van der Waals surface area contributed by atoms with Crippen LogP contribution in [0.4, 0.5) is 10.5 Å². The predicted octanol–water partition coefficient (Wildman–Crippen LogP) is 5.06. The van der Waals surface area contributed by atoms with Crippen LogP contribution in [0.3, 0.4) is 0 Å². The smallest absolute Gasteiger partial charge is 0.412 e. The lowest BCUT2D eigenvalue weighted by molar-refractivity contribution is -0.0253. The van der Waals surface area contributed by atoms with Crippen molar-refractivity contribution in [1.82, 2.24) is 4.90 Å². The zero-order chi connectivity index (χ0) is 24.4. The lowest BCUT2D eigenvalue weighted by Gasteiger charge is -2.47. The normalized spacial score (nSPS) is 19.8. The number of cyclic esters (lactones) is 1. The highest BCUT2D eigenvalue weighted by Gasteiger charge is 2.50. The van der Waals surface area contributed by atoms with Gasteiger partial charge in [0.25, 0.3) is 5.91 Å². The molecule has 1 fully saturated rings. The number of amides is 2. The van der Waals surface area contributed by atoms with Crippen molar-refractivity contribution < 1.29 is 23.8 Å². The van der Waals surface area contributed by atoms with Gasteiger partial charge in [0, 0.05) is 36.2 Å². The van der Waals surface area contributed by atoms with Crippen molar-refractivity contribution in [3.63, 3.8) is 0 Å². The predicted molar refractivity (Wildman–Crippen MR) is 132 cm³/mol. The molecule has 0 radical (unpaired) electrons. The van der Waals surface area contributed by atoms with Crippen LogP contribution in [0.5, 0.6) is 11.5 Å². The molecule has 7 heteroatoms. The molecule has 0 saturated carbocycles. The summed E-state index contributed by atoms with van der Waals surface area (Å²) in [5, 5.41) is 2.84. The van der Waals surface area contributed by atoms with Crippen molar-refractivity contribution in [2.45, 2.75) is 18.4 Å². The van der Waals surface area contributed by atoms with Gasteiger partial charge in [0.15, 0.2) is 5.60 Å². The molecule has 1 N–H and O–H groups in total. The monoisotopic (exact) mass is 472 g/mol. The number of piperidine rings is 1. The van der Waals surface area contributed by atoms with Crippen molar-refractivity contribution >= 4 is 17.7 Å². The average Bonchev–Trinajstić information content (AvgIpc) is 2.92. The summed E-state index contributed by atoms with van der Waals surface area (Å²) < 4.78 is 16.9. The number of fused-ring (bicyclic) bond motifs is 1. The highest BCUT2D eigenvalue weighted by Crippen LogP contribution is 2.49. The van der Waals surface area contributed by atoms with Crippen molar-refractivity contribution in [3.8, 4) is 11.5 Å². The fourth-order valence-electron chi connectivity index (χ4n) is 5.33. The lowest BCUT2D eigenvalue weighted by atomic mass is 9.70. The first kappa shape index (κ1) is 22.8. The molecule has 0 aromatic heterocycles. The highest BCUT2D eigenvalue weighted by molar-refractivity contribution is 5.97. The summed E-state index contributed by atoms with van der Waals surface area (Å²) in [6.07, 6.45) is 0.899. The maximum Gasteiger partial charge on any atom is 0.412 e. The van der Waals surface area contributed by atoms with E-state index in [0.29, 0.717) is 43.0 Å². The molecule has 0 aliphatic carbocycles. The van der Waals surface area contributed by atoms with Crippen molar-refractivity contribution in [1.29, 1.82) is 0 Å². The molecule has 180 valence electrons. The van der Waals surface area contributed by atoms with E-state index in [4.69, 9.17) is 14.2 Å². The topological polar surface area (TPSA) is 77.1 Å². The number of nitrogens with zero attached hydrogens (tertiary/aromatic N) is 1. The van der Waals surface area contributed by atoms with Crippen molar-refractivity contribution in [2.24, 2.45) is 5.92 Å². The number of ether oxygens (including phenoxy) is 3. The van der Waals surface area contributed by atoms with Crippen LogP contribution in [0, 0.1) is 5.92 Å². The number of carbonyl (C=O) groups excluding carboxylic acids is 2. The van der Waals surface area contributed by atoms with Crippen LogP contribution in [-0.2, 0) is 10.3 Å². The summed E-state index contributed by atoms with van der Waals surface area (Å²) in [6.45, 7) is 1.08. The number of para-hydroxylation sites is 1. The minimum Gasteiger partial charge on any atom is -0.497 e. The summed E-state index contributed by atoms with van der Waals surface area (Å²) in [7, 11) is 3.12. The summed E-state index contributed by atoms with van der Waals surface area (Å²) in [6, 6.07) is 22.9. The Morgan fingerprint density at radius 3 is 2.40 bits per heavy atom. The molecular weight excluding hydrogens is 444 g/mol. The molecule has 2 aliphatic rings. The van der Waals surface area contributed by atoms with Crippen LogP contribution >= 0.6 is 0 Å². The Morgan fingerprint density at radius 1 is 0.971 bits per heavy atom. The third-order valence-electron chi connectivity index (χ3n) is 7.02. The molecule has 1 unspecified atom stereocenters. The Morgan fingerprint density at radius 2 is 1.69 bits per heavy atom. The Labute approximate surface area is 204 Å². The first-order chi connectivity index (χ1) is 17.1. The number of hydrogen-bond donors (Lipinski definition) is 1. The number of rotatable bonds is 5. The van der Waals surface area contributed by atoms with E-state index in [-0.39, 0.29) is 11.8 Å². The molecule has 1 atom stereocenters. The van der Waals surface area contributed by atoms with Gasteiger partial charge < -0.3 is 19.1 Å². The van der Waals surface area contributed by atoms with Crippen molar-refractivity contribution in [3.05, 3.63) is 89.5 Å². The van der Waals surface area contributed by atoms with Crippen LogP contribution in [0.2, 0.25) is 0 Å². The summed E-state index contributed by atoms with van der Waals surface area (Å²) in [5.41, 5.74) is 2.21. The highest BCUT2D eigenvalue weighted by atomic mass is 16.6. The van der Waals surface area contributed by atoms with Gasteiger partial charge in [-0.25, -0.2) is 4.79 Å². The molecular formula is C28H28N2O5. The van der Waals surface area contributed by atoms with Gasteiger partial charge >= 0.3 is 6.09 Å². The number of likely N-dealkylation sites (tertiary alicyclic amines) is 1. The van der Waals surface area contributed by atoms with Gasteiger partial charge in [-0.1, -0.05) is 48.5 Å². The number of anilines is 1. The van der Waals surface area contributed by atoms with E-state index in [9.17, 15) is 9.59 Å². The second kappa shape index (κ2) is 9.33. The fraction of sp³-hybridized carbons (Fsp3) is 0.286. The Hall–Kier alpha value is -4.00. The molecule has 2 heterocycles. The van der Waals surface area contributed by atoms with Gasteiger partial charge in [-0.3, -0.25) is 10.1 Å². The molecule has 2 aliphatic heterocycles. The zero-order valence-electron chi connectivity index (χ0n) is 19.8. The minimum atomic E-state index is -0.923. The van der Waals surface area contributed by atoms with Crippen LogP contribution in [0.1, 0.15) is 34.3 Å². The number of methoxy groups -OCH3 is 2. The van der Waals surface area contributed by atoms with Crippen molar-refractivity contribution in [2.75, 3.05) is 32.6 Å². The standard InChI is InChI=1S/C28H28N2O5/c1-33-21-12-13-22(25(18-21)34-2)26(31)30-16-14-20(15-17-30)28(19-8-4-3-5-9-19)23-10-6-7-11-24(23)29-27(32)35-28/h3-13,18,20H,14-17H2,1-2H3,(H,29,32). The Bertz CT molecular complexity index is 1240. The SMILES string of the molecule is COc1ccc(C(=O)N2CCC(C3(c4ccccc4)OC(=O)Nc4ccccc43)CC2)c(OC)c1. The first-order valence-corrected chi connectivity index (χ1v) is 11.7. The Kier molecular flexibility index (Phi) is 6.07. The van der Waals surface area contributed by atoms with E-state index in [2.05, 4.69) is 5.32 Å². The quantitative estimate of drug-likeness (QED) is 0.562. The maximum atomic E-state index is 13.4. The van der Waals surface area contributed by atoms with E-state index in [1.54, 1.807) is 32.4 Å². The molecule has 7 nitrogen and oxygen atoms in total. The first-order valence-electron chi connectivity index (χ1n) is 11.7. The number of nitrogens with one attached hydrogen (secondary N) is 1. The second-order valence-corrected chi connectivity index (χ2v) is 8.79. The van der Waals surface area contributed by atoms with Gasteiger partial charge in [-0.2, -0.15) is 0 Å².